The molecule has 0 amide bonds. The number of anilines is 1. The van der Waals surface area contributed by atoms with Gasteiger partial charge in [0.15, 0.2) is 5.82 Å². The van der Waals surface area contributed by atoms with E-state index in [1.54, 1.807) is 18.5 Å². The number of hydrogen-bond acceptors (Lipinski definition) is 6. The molecule has 3 N–H and O–H groups in total. The van der Waals surface area contributed by atoms with Crippen LogP contribution in [0.4, 0.5) is 5.82 Å². The van der Waals surface area contributed by atoms with E-state index in [0.717, 1.165) is 0 Å². The molecular weight excluding hydrogens is 286 g/mol. The van der Waals surface area contributed by atoms with Crippen molar-refractivity contribution in [1.82, 2.24) is 19.5 Å². The minimum atomic E-state index is -3.70. The van der Waals surface area contributed by atoms with E-state index in [2.05, 4.69) is 14.8 Å². The summed E-state index contributed by atoms with van der Waals surface area (Å²) in [4.78, 5) is 4.08. The van der Waals surface area contributed by atoms with Crippen molar-refractivity contribution in [3.63, 3.8) is 0 Å². The van der Waals surface area contributed by atoms with Gasteiger partial charge >= 0.3 is 0 Å². The minimum absolute atomic E-state index is 0.000638. The molecule has 2 aromatic heterocycles. The van der Waals surface area contributed by atoms with E-state index >= 15 is 0 Å². The molecule has 9 heteroatoms. The SMILES string of the molecule is CCn1cc(S(=O)(=O)NC(C)c2nccs2)c(N)n1. The summed E-state index contributed by atoms with van der Waals surface area (Å²) >= 11 is 1.39. The molecule has 1 unspecified atom stereocenters. The van der Waals surface area contributed by atoms with Crippen molar-refractivity contribution < 1.29 is 8.42 Å². The van der Waals surface area contributed by atoms with E-state index in [1.807, 2.05) is 6.92 Å². The van der Waals surface area contributed by atoms with Gasteiger partial charge in [-0.1, -0.05) is 0 Å². The normalized spacial score (nSPS) is 13.6. The fraction of sp³-hybridized carbons (Fsp3) is 0.400. The van der Waals surface area contributed by atoms with Crippen molar-refractivity contribution in [1.29, 1.82) is 0 Å². The van der Waals surface area contributed by atoms with E-state index in [9.17, 15) is 8.42 Å². The van der Waals surface area contributed by atoms with Crippen LogP contribution in [-0.4, -0.2) is 23.2 Å². The highest BCUT2D eigenvalue weighted by atomic mass is 32.2. The van der Waals surface area contributed by atoms with Crippen molar-refractivity contribution in [3.05, 3.63) is 22.8 Å². The molecule has 0 aromatic carbocycles. The topological polar surface area (TPSA) is 103 Å². The van der Waals surface area contributed by atoms with Gasteiger partial charge in [-0.3, -0.25) is 4.68 Å². The molecular formula is C10H15N5O2S2. The van der Waals surface area contributed by atoms with Crippen molar-refractivity contribution in [2.45, 2.75) is 31.3 Å². The quantitative estimate of drug-likeness (QED) is 0.857. The predicted octanol–water partition coefficient (Wildman–Crippen LogP) is 0.981. The van der Waals surface area contributed by atoms with Crippen LogP contribution in [0.5, 0.6) is 0 Å². The summed E-state index contributed by atoms with van der Waals surface area (Å²) < 4.78 is 28.5. The van der Waals surface area contributed by atoms with Gasteiger partial charge in [0.05, 0.1) is 6.04 Å². The highest BCUT2D eigenvalue weighted by Gasteiger charge is 2.24. The summed E-state index contributed by atoms with van der Waals surface area (Å²) in [5, 5.41) is 6.42. The van der Waals surface area contributed by atoms with Gasteiger partial charge < -0.3 is 5.73 Å². The Morgan fingerprint density at radius 2 is 2.32 bits per heavy atom. The lowest BCUT2D eigenvalue weighted by Gasteiger charge is -2.10. The molecule has 2 aromatic rings. The lowest BCUT2D eigenvalue weighted by atomic mass is 10.4. The number of aromatic nitrogens is 3. The van der Waals surface area contributed by atoms with Crippen molar-refractivity contribution in [2.75, 3.05) is 5.73 Å². The average molecular weight is 301 g/mol. The Bertz CT molecular complexity index is 648. The van der Waals surface area contributed by atoms with Crippen LogP contribution in [0.25, 0.3) is 0 Å². The Kier molecular flexibility index (Phi) is 3.88. The van der Waals surface area contributed by atoms with Crippen LogP contribution in [-0.2, 0) is 16.6 Å². The largest absolute Gasteiger partial charge is 0.381 e. The fourth-order valence-electron chi connectivity index (χ4n) is 1.58. The van der Waals surface area contributed by atoms with Gasteiger partial charge in [-0.15, -0.1) is 11.3 Å². The number of rotatable bonds is 5. The zero-order chi connectivity index (χ0) is 14.0. The second-order valence-electron chi connectivity index (χ2n) is 3.95. The molecule has 2 rings (SSSR count). The molecule has 0 aliphatic carbocycles. The molecule has 7 nitrogen and oxygen atoms in total. The standard InChI is InChI=1S/C10H15N5O2S2/c1-3-15-6-8(9(11)13-15)19(16,17)14-7(2)10-12-4-5-18-10/h4-7,14H,3H2,1-2H3,(H2,11,13). The first-order valence-corrected chi connectivity index (χ1v) is 8.05. The van der Waals surface area contributed by atoms with E-state index in [-0.39, 0.29) is 10.7 Å². The lowest BCUT2D eigenvalue weighted by Crippen LogP contribution is -2.27. The summed E-state index contributed by atoms with van der Waals surface area (Å²) in [5.74, 6) is 0.000638. The van der Waals surface area contributed by atoms with E-state index in [1.165, 1.54) is 22.2 Å². The second-order valence-corrected chi connectivity index (χ2v) is 6.56. The Hall–Kier alpha value is -1.45. The third kappa shape index (κ3) is 2.94. The maximum absolute atomic E-state index is 12.2. The van der Waals surface area contributed by atoms with Crippen LogP contribution >= 0.6 is 11.3 Å². The van der Waals surface area contributed by atoms with Crippen LogP contribution in [0.1, 0.15) is 24.9 Å². The molecule has 2 heterocycles. The highest BCUT2D eigenvalue weighted by molar-refractivity contribution is 7.89. The maximum Gasteiger partial charge on any atom is 0.246 e. The number of sulfonamides is 1. The molecule has 0 bridgehead atoms. The monoisotopic (exact) mass is 301 g/mol. The van der Waals surface area contributed by atoms with Gasteiger partial charge in [-0.05, 0) is 13.8 Å². The zero-order valence-electron chi connectivity index (χ0n) is 10.6. The number of hydrogen-bond donors (Lipinski definition) is 2. The summed E-state index contributed by atoms with van der Waals surface area (Å²) in [6.07, 6.45) is 3.06. The number of nitrogen functional groups attached to an aromatic ring is 1. The van der Waals surface area contributed by atoms with Gasteiger partial charge in [0.25, 0.3) is 0 Å². The molecule has 0 saturated carbocycles. The molecule has 0 spiro atoms. The Balaban J connectivity index is 2.25. The number of aryl methyl sites for hydroxylation is 1. The van der Waals surface area contributed by atoms with Gasteiger partial charge in [0, 0.05) is 24.3 Å². The number of nitrogens with zero attached hydrogens (tertiary/aromatic N) is 3. The van der Waals surface area contributed by atoms with Crippen LogP contribution < -0.4 is 10.5 Å². The molecule has 19 heavy (non-hydrogen) atoms. The van der Waals surface area contributed by atoms with E-state index in [0.29, 0.717) is 11.6 Å². The first-order chi connectivity index (χ1) is 8.94. The van der Waals surface area contributed by atoms with Crippen molar-refractivity contribution in [3.8, 4) is 0 Å². The number of nitrogens with one attached hydrogen (secondary N) is 1. The Morgan fingerprint density at radius 3 is 2.84 bits per heavy atom. The summed E-state index contributed by atoms with van der Waals surface area (Å²) in [6.45, 7) is 4.15. The van der Waals surface area contributed by atoms with E-state index in [4.69, 9.17) is 5.73 Å². The summed E-state index contributed by atoms with van der Waals surface area (Å²) in [6, 6.07) is -0.408. The molecule has 0 aliphatic heterocycles. The predicted molar refractivity (Wildman–Crippen MR) is 73.2 cm³/mol. The van der Waals surface area contributed by atoms with Crippen LogP contribution in [0.3, 0.4) is 0 Å². The molecule has 104 valence electrons. The van der Waals surface area contributed by atoms with Gasteiger partial charge in [-0.25, -0.2) is 18.1 Å². The fourth-order valence-corrected chi connectivity index (χ4v) is 3.58. The van der Waals surface area contributed by atoms with Crippen molar-refractivity contribution >= 4 is 27.2 Å². The Labute approximate surface area is 115 Å². The second kappa shape index (κ2) is 5.27. The van der Waals surface area contributed by atoms with Crippen molar-refractivity contribution in [2.24, 2.45) is 0 Å². The third-order valence-corrected chi connectivity index (χ3v) is 5.04. The smallest absolute Gasteiger partial charge is 0.246 e. The highest BCUT2D eigenvalue weighted by Crippen LogP contribution is 2.21. The third-order valence-electron chi connectivity index (χ3n) is 2.52. The van der Waals surface area contributed by atoms with Crippen LogP contribution in [0.15, 0.2) is 22.7 Å². The van der Waals surface area contributed by atoms with Crippen LogP contribution in [0.2, 0.25) is 0 Å². The summed E-state index contributed by atoms with van der Waals surface area (Å²) in [7, 11) is -3.70. The number of nitrogens with two attached hydrogens (primary N) is 1. The lowest BCUT2D eigenvalue weighted by molar-refractivity contribution is 0.566. The first-order valence-electron chi connectivity index (χ1n) is 5.68. The van der Waals surface area contributed by atoms with E-state index < -0.39 is 16.1 Å². The summed E-state index contributed by atoms with van der Waals surface area (Å²) in [5.41, 5.74) is 5.63. The van der Waals surface area contributed by atoms with Crippen LogP contribution in [0, 0.1) is 0 Å². The molecule has 0 aliphatic rings. The molecule has 0 radical (unpaired) electrons. The minimum Gasteiger partial charge on any atom is -0.381 e. The maximum atomic E-state index is 12.2. The molecule has 0 saturated heterocycles. The molecule has 0 fully saturated rings. The Morgan fingerprint density at radius 1 is 1.58 bits per heavy atom. The molecule has 1 atom stereocenters. The van der Waals surface area contributed by atoms with Gasteiger partial charge in [-0.2, -0.15) is 5.10 Å². The van der Waals surface area contributed by atoms with Gasteiger partial charge in [0.2, 0.25) is 10.0 Å². The van der Waals surface area contributed by atoms with Gasteiger partial charge in [0.1, 0.15) is 9.90 Å². The average Bonchev–Trinajstić information content (AvgIpc) is 2.96. The number of thiazole rings is 1. The first kappa shape index (κ1) is 14.0. The zero-order valence-corrected chi connectivity index (χ0v) is 12.2.